The maximum Gasteiger partial charge on any atom is 0.325 e. The second kappa shape index (κ2) is 6.01. The number of rotatable bonds is 3. The number of amides is 3. The van der Waals surface area contributed by atoms with E-state index in [1.807, 2.05) is 13.0 Å². The van der Waals surface area contributed by atoms with Crippen molar-refractivity contribution in [2.75, 3.05) is 0 Å². The number of hydrogen-bond donors (Lipinski definition) is 1. The molecule has 27 heavy (non-hydrogen) atoms. The van der Waals surface area contributed by atoms with E-state index in [1.54, 1.807) is 43.5 Å². The van der Waals surface area contributed by atoms with Crippen LogP contribution in [0.15, 0.2) is 53.5 Å². The summed E-state index contributed by atoms with van der Waals surface area (Å²) in [5, 5.41) is 2.69. The fraction of sp³-hybridized carbons (Fsp3) is 0.211. The zero-order chi connectivity index (χ0) is 19.2. The summed E-state index contributed by atoms with van der Waals surface area (Å²) in [6, 6.07) is 11.3. The van der Waals surface area contributed by atoms with Gasteiger partial charge in [0.2, 0.25) is 0 Å². The van der Waals surface area contributed by atoms with Crippen molar-refractivity contribution in [2.45, 2.75) is 25.9 Å². The minimum absolute atomic E-state index is 0.0905. The van der Waals surface area contributed by atoms with Gasteiger partial charge in [-0.25, -0.2) is 9.78 Å². The van der Waals surface area contributed by atoms with Crippen LogP contribution in [0, 0.1) is 6.92 Å². The second-order valence-corrected chi connectivity index (χ2v) is 6.61. The van der Waals surface area contributed by atoms with Crippen molar-refractivity contribution in [2.24, 2.45) is 0 Å². The molecule has 1 saturated heterocycles. The van der Waals surface area contributed by atoms with Crippen LogP contribution in [0.5, 0.6) is 0 Å². The van der Waals surface area contributed by atoms with Gasteiger partial charge in [0.05, 0.1) is 17.9 Å². The van der Waals surface area contributed by atoms with Gasteiger partial charge in [-0.2, -0.15) is 0 Å². The summed E-state index contributed by atoms with van der Waals surface area (Å²) in [6.45, 7) is 3.33. The zero-order valence-corrected chi connectivity index (χ0v) is 14.8. The summed E-state index contributed by atoms with van der Waals surface area (Å²) < 4.78 is 1.48. The first-order valence-corrected chi connectivity index (χ1v) is 8.44. The van der Waals surface area contributed by atoms with Crippen LogP contribution >= 0.6 is 0 Å². The summed E-state index contributed by atoms with van der Waals surface area (Å²) in [6.07, 6.45) is 1.57. The lowest BCUT2D eigenvalue weighted by Crippen LogP contribution is -2.41. The number of aromatic nitrogens is 3. The quantitative estimate of drug-likeness (QED) is 0.709. The zero-order valence-electron chi connectivity index (χ0n) is 14.8. The summed E-state index contributed by atoms with van der Waals surface area (Å²) in [5.41, 5.74) is 0.521. The molecular formula is C19H17N5O3. The standard InChI is InChI=1S/C19H17N5O3/c1-12-6-5-8-15-21-13(10-16(25)24(12)15)11-23-17(26)19(2,22-18(23)27)14-7-3-4-9-20-14/h3-10H,11H2,1-2H3,(H,22,27). The SMILES string of the molecule is Cc1cccc2nc(CN3C(=O)NC(C)(c4ccccn4)C3=O)cc(=O)n12. The molecule has 1 aliphatic heterocycles. The van der Waals surface area contributed by atoms with E-state index in [0.717, 1.165) is 10.6 Å². The Labute approximate surface area is 154 Å². The van der Waals surface area contributed by atoms with Gasteiger partial charge in [-0.3, -0.25) is 23.9 Å². The molecule has 1 aliphatic rings. The summed E-state index contributed by atoms with van der Waals surface area (Å²) in [4.78, 5) is 47.5. The summed E-state index contributed by atoms with van der Waals surface area (Å²) >= 11 is 0. The number of imide groups is 1. The van der Waals surface area contributed by atoms with Gasteiger partial charge in [0, 0.05) is 18.0 Å². The number of fused-ring (bicyclic) bond motifs is 1. The lowest BCUT2D eigenvalue weighted by atomic mass is 9.97. The molecule has 0 aliphatic carbocycles. The highest BCUT2D eigenvalue weighted by Crippen LogP contribution is 2.28. The highest BCUT2D eigenvalue weighted by atomic mass is 16.2. The Bertz CT molecular complexity index is 1130. The van der Waals surface area contributed by atoms with Gasteiger partial charge in [-0.15, -0.1) is 0 Å². The first kappa shape index (κ1) is 16.9. The molecule has 1 unspecified atom stereocenters. The number of nitrogens with one attached hydrogen (secondary N) is 1. The molecule has 3 aromatic rings. The Morgan fingerprint density at radius 3 is 2.67 bits per heavy atom. The van der Waals surface area contributed by atoms with E-state index in [2.05, 4.69) is 15.3 Å². The molecular weight excluding hydrogens is 346 g/mol. The third-order valence-electron chi connectivity index (χ3n) is 4.71. The molecule has 4 heterocycles. The minimum atomic E-state index is -1.25. The topological polar surface area (TPSA) is 96.7 Å². The van der Waals surface area contributed by atoms with Crippen LogP contribution in [0.2, 0.25) is 0 Å². The molecule has 8 nitrogen and oxygen atoms in total. The molecule has 8 heteroatoms. The Balaban J connectivity index is 1.69. The Kier molecular flexibility index (Phi) is 3.76. The van der Waals surface area contributed by atoms with Crippen LogP contribution < -0.4 is 10.9 Å². The number of hydrogen-bond acceptors (Lipinski definition) is 5. The van der Waals surface area contributed by atoms with Crippen LogP contribution in [0.3, 0.4) is 0 Å². The Morgan fingerprint density at radius 1 is 1.11 bits per heavy atom. The van der Waals surface area contributed by atoms with Gasteiger partial charge < -0.3 is 5.32 Å². The van der Waals surface area contributed by atoms with Crippen molar-refractivity contribution in [3.63, 3.8) is 0 Å². The molecule has 4 rings (SSSR count). The number of carbonyl (C=O) groups excluding carboxylic acids is 2. The highest BCUT2D eigenvalue weighted by molar-refractivity contribution is 6.06. The predicted octanol–water partition coefficient (Wildman–Crippen LogP) is 1.37. The smallest absolute Gasteiger partial charge is 0.318 e. The van der Waals surface area contributed by atoms with E-state index in [9.17, 15) is 14.4 Å². The van der Waals surface area contributed by atoms with E-state index in [1.165, 1.54) is 10.5 Å². The van der Waals surface area contributed by atoms with Gasteiger partial charge in [0.25, 0.3) is 11.5 Å². The maximum absolute atomic E-state index is 12.9. The maximum atomic E-state index is 12.9. The molecule has 1 atom stereocenters. The van der Waals surface area contributed by atoms with Crippen molar-refractivity contribution < 1.29 is 9.59 Å². The van der Waals surface area contributed by atoms with E-state index in [-0.39, 0.29) is 12.1 Å². The molecule has 0 aromatic carbocycles. The second-order valence-electron chi connectivity index (χ2n) is 6.61. The van der Waals surface area contributed by atoms with Gasteiger partial charge in [0.1, 0.15) is 5.65 Å². The van der Waals surface area contributed by atoms with E-state index in [0.29, 0.717) is 17.0 Å². The number of urea groups is 1. The van der Waals surface area contributed by atoms with Crippen LogP contribution in [-0.2, 0) is 16.9 Å². The normalized spacial score (nSPS) is 19.6. The lowest BCUT2D eigenvalue weighted by Gasteiger charge is -2.20. The fourth-order valence-electron chi connectivity index (χ4n) is 3.28. The van der Waals surface area contributed by atoms with Gasteiger partial charge in [-0.1, -0.05) is 12.1 Å². The van der Waals surface area contributed by atoms with Crippen LogP contribution in [0.25, 0.3) is 5.65 Å². The summed E-state index contributed by atoms with van der Waals surface area (Å²) in [5.74, 6) is -0.433. The van der Waals surface area contributed by atoms with Crippen molar-refractivity contribution in [3.8, 4) is 0 Å². The largest absolute Gasteiger partial charge is 0.325 e. The first-order chi connectivity index (χ1) is 12.9. The van der Waals surface area contributed by atoms with E-state index in [4.69, 9.17) is 0 Å². The van der Waals surface area contributed by atoms with Crippen molar-refractivity contribution in [1.82, 2.24) is 24.6 Å². The first-order valence-electron chi connectivity index (χ1n) is 8.44. The van der Waals surface area contributed by atoms with Gasteiger partial charge >= 0.3 is 6.03 Å². The van der Waals surface area contributed by atoms with Crippen LogP contribution in [-0.4, -0.2) is 31.2 Å². The van der Waals surface area contributed by atoms with Crippen LogP contribution in [0.1, 0.15) is 24.0 Å². The lowest BCUT2D eigenvalue weighted by molar-refractivity contribution is -0.131. The highest BCUT2D eigenvalue weighted by Gasteiger charge is 2.50. The monoisotopic (exact) mass is 363 g/mol. The Hall–Kier alpha value is -3.55. The average Bonchev–Trinajstić information content (AvgIpc) is 2.86. The molecule has 0 radical (unpaired) electrons. The van der Waals surface area contributed by atoms with Crippen molar-refractivity contribution in [1.29, 1.82) is 0 Å². The number of aryl methyl sites for hydroxylation is 1. The van der Waals surface area contributed by atoms with Crippen molar-refractivity contribution >= 4 is 17.6 Å². The average molecular weight is 363 g/mol. The van der Waals surface area contributed by atoms with Crippen LogP contribution in [0.4, 0.5) is 4.79 Å². The molecule has 3 amide bonds. The number of carbonyl (C=O) groups is 2. The predicted molar refractivity (Wildman–Crippen MR) is 96.9 cm³/mol. The Morgan fingerprint density at radius 2 is 1.93 bits per heavy atom. The molecule has 0 saturated carbocycles. The number of nitrogens with zero attached hydrogens (tertiary/aromatic N) is 4. The number of pyridine rings is 2. The van der Waals surface area contributed by atoms with E-state index >= 15 is 0 Å². The summed E-state index contributed by atoms with van der Waals surface area (Å²) in [7, 11) is 0. The fourth-order valence-corrected chi connectivity index (χ4v) is 3.28. The molecule has 3 aromatic heterocycles. The third-order valence-corrected chi connectivity index (χ3v) is 4.71. The minimum Gasteiger partial charge on any atom is -0.318 e. The van der Waals surface area contributed by atoms with Gasteiger partial charge in [-0.05, 0) is 38.1 Å². The van der Waals surface area contributed by atoms with Crippen molar-refractivity contribution in [3.05, 3.63) is 76.1 Å². The molecule has 1 fully saturated rings. The third kappa shape index (κ3) is 2.66. The molecule has 0 bridgehead atoms. The molecule has 1 N–H and O–H groups in total. The molecule has 136 valence electrons. The van der Waals surface area contributed by atoms with E-state index < -0.39 is 17.5 Å². The van der Waals surface area contributed by atoms with Gasteiger partial charge in [0.15, 0.2) is 5.54 Å². The molecule has 0 spiro atoms.